The Hall–Kier alpha value is -3.17. The Bertz CT molecular complexity index is 1010. The Morgan fingerprint density at radius 1 is 1.15 bits per heavy atom. The molecule has 26 heavy (non-hydrogen) atoms. The molecule has 0 saturated carbocycles. The van der Waals surface area contributed by atoms with Gasteiger partial charge < -0.3 is 9.47 Å². The molecule has 2 aromatic carbocycles. The Kier molecular flexibility index (Phi) is 5.30. The van der Waals surface area contributed by atoms with Gasteiger partial charge in [0, 0.05) is 10.9 Å². The van der Waals surface area contributed by atoms with Gasteiger partial charge in [0.15, 0.2) is 11.5 Å². The Labute approximate surface area is 154 Å². The topological polar surface area (TPSA) is 55.1 Å². The molecule has 0 saturated heterocycles. The Morgan fingerprint density at radius 3 is 2.65 bits per heavy atom. The van der Waals surface area contributed by atoms with Crippen molar-refractivity contribution >= 4 is 23.0 Å². The van der Waals surface area contributed by atoms with Crippen LogP contribution < -0.4 is 9.47 Å². The van der Waals surface area contributed by atoms with Crippen molar-refractivity contribution in [3.05, 3.63) is 64.2 Å². The van der Waals surface area contributed by atoms with E-state index in [2.05, 4.69) is 11.1 Å². The molecule has 0 fully saturated rings. The number of nitriles is 1. The summed E-state index contributed by atoms with van der Waals surface area (Å²) in [6, 6.07) is 13.7. The van der Waals surface area contributed by atoms with E-state index in [1.165, 1.54) is 23.5 Å². The van der Waals surface area contributed by atoms with Gasteiger partial charge in [0.2, 0.25) is 0 Å². The first-order valence-electron chi connectivity index (χ1n) is 7.70. The summed E-state index contributed by atoms with van der Waals surface area (Å²) < 4.78 is 23.9. The number of hydrogen-bond donors (Lipinski definition) is 0. The summed E-state index contributed by atoms with van der Waals surface area (Å²) in [6.45, 7) is 0. The minimum absolute atomic E-state index is 0.346. The zero-order chi connectivity index (χ0) is 18.5. The quantitative estimate of drug-likeness (QED) is 0.594. The van der Waals surface area contributed by atoms with Crippen LogP contribution in [0.2, 0.25) is 0 Å². The van der Waals surface area contributed by atoms with Crippen molar-refractivity contribution in [2.24, 2.45) is 0 Å². The first-order valence-corrected chi connectivity index (χ1v) is 8.58. The molecule has 0 aliphatic heterocycles. The van der Waals surface area contributed by atoms with Crippen molar-refractivity contribution in [2.45, 2.75) is 0 Å². The predicted molar refractivity (Wildman–Crippen MR) is 101 cm³/mol. The monoisotopic (exact) mass is 366 g/mol. The molecule has 6 heteroatoms. The lowest BCUT2D eigenvalue weighted by molar-refractivity contribution is 0.355. The van der Waals surface area contributed by atoms with Crippen LogP contribution in [0.3, 0.4) is 0 Å². The van der Waals surface area contributed by atoms with Gasteiger partial charge >= 0.3 is 0 Å². The number of nitrogens with zero attached hydrogens (tertiary/aromatic N) is 2. The van der Waals surface area contributed by atoms with E-state index < -0.39 is 0 Å². The van der Waals surface area contributed by atoms with Crippen LogP contribution in [-0.2, 0) is 0 Å². The standard InChI is InChI=1S/C20H15FN2O2S/c1-24-18-7-6-14(10-19(18)25-2)17-12-26-20(23-17)15(11-22)8-13-4-3-5-16(21)9-13/h3-10,12H,1-2H3/b15-8-. The number of thiazole rings is 1. The van der Waals surface area contributed by atoms with Crippen LogP contribution in [0.5, 0.6) is 11.5 Å². The molecule has 1 aromatic heterocycles. The number of methoxy groups -OCH3 is 2. The van der Waals surface area contributed by atoms with Crippen molar-refractivity contribution in [2.75, 3.05) is 14.2 Å². The second kappa shape index (κ2) is 7.81. The van der Waals surface area contributed by atoms with Crippen LogP contribution >= 0.6 is 11.3 Å². The fourth-order valence-electron chi connectivity index (χ4n) is 2.43. The van der Waals surface area contributed by atoms with Crippen molar-refractivity contribution < 1.29 is 13.9 Å². The van der Waals surface area contributed by atoms with Gasteiger partial charge in [0.05, 0.1) is 25.5 Å². The summed E-state index contributed by atoms with van der Waals surface area (Å²) in [6.07, 6.45) is 1.63. The van der Waals surface area contributed by atoms with Crippen molar-refractivity contribution in [3.63, 3.8) is 0 Å². The van der Waals surface area contributed by atoms with Crippen LogP contribution in [0, 0.1) is 17.1 Å². The summed E-state index contributed by atoms with van der Waals surface area (Å²) in [5.74, 6) is 0.895. The molecule has 0 radical (unpaired) electrons. The molecule has 0 aliphatic carbocycles. The highest BCUT2D eigenvalue weighted by Gasteiger charge is 2.12. The second-order valence-corrected chi connectivity index (χ2v) is 6.19. The third-order valence-electron chi connectivity index (χ3n) is 3.69. The molecular weight excluding hydrogens is 351 g/mol. The molecule has 0 aliphatic rings. The lowest BCUT2D eigenvalue weighted by Gasteiger charge is -2.08. The summed E-state index contributed by atoms with van der Waals surface area (Å²) in [4.78, 5) is 4.54. The molecule has 1 heterocycles. The molecule has 0 spiro atoms. The highest BCUT2D eigenvalue weighted by Crippen LogP contribution is 2.33. The van der Waals surface area contributed by atoms with Crippen LogP contribution in [-0.4, -0.2) is 19.2 Å². The number of allylic oxidation sites excluding steroid dienone is 1. The molecule has 3 rings (SSSR count). The summed E-state index contributed by atoms with van der Waals surface area (Å²) >= 11 is 1.36. The maximum atomic E-state index is 13.3. The van der Waals surface area contributed by atoms with E-state index in [1.54, 1.807) is 38.5 Å². The van der Waals surface area contributed by atoms with E-state index in [0.29, 0.717) is 27.6 Å². The molecule has 4 nitrogen and oxygen atoms in total. The largest absolute Gasteiger partial charge is 0.493 e. The number of rotatable bonds is 5. The second-order valence-electron chi connectivity index (χ2n) is 5.33. The number of ether oxygens (including phenoxy) is 2. The first kappa shape index (κ1) is 17.6. The van der Waals surface area contributed by atoms with Crippen molar-refractivity contribution in [1.82, 2.24) is 4.98 Å². The summed E-state index contributed by atoms with van der Waals surface area (Å²) in [7, 11) is 3.15. The highest BCUT2D eigenvalue weighted by atomic mass is 32.1. The SMILES string of the molecule is COc1ccc(-c2csc(/C(C#N)=C\c3cccc(F)c3)n2)cc1OC. The molecular formula is C20H15FN2O2S. The highest BCUT2D eigenvalue weighted by molar-refractivity contribution is 7.11. The van der Waals surface area contributed by atoms with Crippen LogP contribution in [0.15, 0.2) is 47.8 Å². The first-order chi connectivity index (χ1) is 12.6. The van der Waals surface area contributed by atoms with E-state index >= 15 is 0 Å². The third-order valence-corrected chi connectivity index (χ3v) is 4.57. The zero-order valence-corrected chi connectivity index (χ0v) is 15.0. The van der Waals surface area contributed by atoms with Gasteiger partial charge in [-0.15, -0.1) is 11.3 Å². The predicted octanol–water partition coefficient (Wildman–Crippen LogP) is 5.03. The van der Waals surface area contributed by atoms with E-state index in [9.17, 15) is 9.65 Å². The fraction of sp³-hybridized carbons (Fsp3) is 0.100. The molecule has 130 valence electrons. The number of hydrogen-bond acceptors (Lipinski definition) is 5. The number of halogens is 1. The van der Waals surface area contributed by atoms with Crippen LogP contribution in [0.1, 0.15) is 10.6 Å². The van der Waals surface area contributed by atoms with Gasteiger partial charge in [-0.25, -0.2) is 9.37 Å². The van der Waals surface area contributed by atoms with Crippen molar-refractivity contribution in [1.29, 1.82) is 5.26 Å². The molecule has 3 aromatic rings. The minimum atomic E-state index is -0.346. The van der Waals surface area contributed by atoms with E-state index in [1.807, 2.05) is 17.5 Å². The molecule has 0 unspecified atom stereocenters. The molecule has 0 atom stereocenters. The summed E-state index contributed by atoms with van der Waals surface area (Å²) in [5.41, 5.74) is 2.58. The number of benzene rings is 2. The lowest BCUT2D eigenvalue weighted by atomic mass is 10.1. The molecule has 0 bridgehead atoms. The maximum absolute atomic E-state index is 13.3. The smallest absolute Gasteiger partial charge is 0.161 e. The van der Waals surface area contributed by atoms with Gasteiger partial charge in [0.25, 0.3) is 0 Å². The van der Waals surface area contributed by atoms with Crippen molar-refractivity contribution in [3.8, 4) is 28.8 Å². The average molecular weight is 366 g/mol. The Balaban J connectivity index is 1.95. The van der Waals surface area contributed by atoms with Gasteiger partial charge in [-0.3, -0.25) is 0 Å². The Morgan fingerprint density at radius 2 is 1.96 bits per heavy atom. The zero-order valence-electron chi connectivity index (χ0n) is 14.2. The lowest BCUT2D eigenvalue weighted by Crippen LogP contribution is -1.91. The number of aromatic nitrogens is 1. The van der Waals surface area contributed by atoms with Crippen LogP contribution in [0.25, 0.3) is 22.9 Å². The molecule has 0 N–H and O–H groups in total. The maximum Gasteiger partial charge on any atom is 0.161 e. The third kappa shape index (κ3) is 3.73. The van der Waals surface area contributed by atoms with E-state index in [4.69, 9.17) is 9.47 Å². The fourth-order valence-corrected chi connectivity index (χ4v) is 3.23. The van der Waals surface area contributed by atoms with Gasteiger partial charge in [-0.2, -0.15) is 5.26 Å². The minimum Gasteiger partial charge on any atom is -0.493 e. The van der Waals surface area contributed by atoms with Gasteiger partial charge in [-0.1, -0.05) is 12.1 Å². The summed E-state index contributed by atoms with van der Waals surface area (Å²) in [5, 5.41) is 11.9. The average Bonchev–Trinajstić information content (AvgIpc) is 3.15. The van der Waals surface area contributed by atoms with Crippen LogP contribution in [0.4, 0.5) is 4.39 Å². The normalized spacial score (nSPS) is 11.1. The van der Waals surface area contributed by atoms with E-state index in [0.717, 1.165) is 11.3 Å². The van der Waals surface area contributed by atoms with Gasteiger partial charge in [-0.05, 0) is 42.0 Å². The van der Waals surface area contributed by atoms with E-state index in [-0.39, 0.29) is 5.82 Å². The van der Waals surface area contributed by atoms with Gasteiger partial charge in [0.1, 0.15) is 16.9 Å². The molecule has 0 amide bonds.